The zero-order valence-electron chi connectivity index (χ0n) is 14.5. The van der Waals surface area contributed by atoms with Crippen LogP contribution in [0.4, 0.5) is 0 Å². The molecular weight excluding hydrogens is 470 g/mol. The van der Waals surface area contributed by atoms with Crippen LogP contribution < -0.4 is 0 Å². The first-order valence-electron chi connectivity index (χ1n) is 8.27. The quantitative estimate of drug-likeness (QED) is 0.244. The molecule has 1 aliphatic rings. The van der Waals surface area contributed by atoms with Crippen LogP contribution in [0.3, 0.4) is 0 Å². The predicted octanol–water partition coefficient (Wildman–Crippen LogP) is 7.13. The maximum atomic E-state index is 2.68. The lowest BCUT2D eigenvalue weighted by molar-refractivity contribution is 0.0573. The normalized spacial score (nSPS) is 33.3. The van der Waals surface area contributed by atoms with Crippen LogP contribution in [0.5, 0.6) is 0 Å². The van der Waals surface area contributed by atoms with Crippen molar-refractivity contribution in [1.29, 1.82) is 0 Å². The highest BCUT2D eigenvalue weighted by Crippen LogP contribution is 2.74. The van der Waals surface area contributed by atoms with E-state index >= 15 is 0 Å². The van der Waals surface area contributed by atoms with Crippen LogP contribution in [0.2, 0.25) is 0 Å². The van der Waals surface area contributed by atoms with Crippen molar-refractivity contribution in [2.24, 2.45) is 28.1 Å². The van der Waals surface area contributed by atoms with Crippen LogP contribution in [0.25, 0.3) is 0 Å². The van der Waals surface area contributed by atoms with Gasteiger partial charge in [0.25, 0.3) is 0 Å². The first kappa shape index (κ1) is 19.5. The molecule has 0 aromatic carbocycles. The Hall–Kier alpha value is 1.46. The van der Waals surface area contributed by atoms with Gasteiger partial charge in [-0.05, 0) is 47.3 Å². The van der Waals surface area contributed by atoms with E-state index in [0.29, 0.717) is 16.2 Å². The van der Waals surface area contributed by atoms with Crippen LogP contribution >= 0.6 is 45.2 Å². The molecule has 0 heterocycles. The Kier molecular flexibility index (Phi) is 6.75. The average Bonchev–Trinajstić information content (AvgIpc) is 2.94. The molecule has 0 aromatic rings. The SMILES string of the molecule is CCC(C(C)(C)C(C)C)C1(CI)C[C@]1(C)CCC(C)I. The van der Waals surface area contributed by atoms with Gasteiger partial charge in [-0.2, -0.15) is 0 Å². The van der Waals surface area contributed by atoms with E-state index in [0.717, 1.165) is 15.8 Å². The van der Waals surface area contributed by atoms with Crippen molar-refractivity contribution in [2.45, 2.75) is 78.1 Å². The second kappa shape index (κ2) is 6.92. The molecule has 120 valence electrons. The summed E-state index contributed by atoms with van der Waals surface area (Å²) in [5, 5.41) is 0. The number of alkyl halides is 2. The monoisotopic (exact) mass is 504 g/mol. The molecule has 0 spiro atoms. The van der Waals surface area contributed by atoms with Crippen molar-refractivity contribution in [2.75, 3.05) is 4.43 Å². The van der Waals surface area contributed by atoms with Gasteiger partial charge in [0.1, 0.15) is 0 Å². The Balaban J connectivity index is 2.95. The largest absolute Gasteiger partial charge is 0.0857 e. The molecule has 1 aliphatic carbocycles. The van der Waals surface area contributed by atoms with Crippen molar-refractivity contribution in [3.8, 4) is 0 Å². The van der Waals surface area contributed by atoms with Crippen molar-refractivity contribution < 1.29 is 0 Å². The Labute approximate surface area is 154 Å². The van der Waals surface area contributed by atoms with E-state index in [1.165, 1.54) is 30.1 Å². The fourth-order valence-electron chi connectivity index (χ4n) is 4.38. The van der Waals surface area contributed by atoms with Gasteiger partial charge in [-0.25, -0.2) is 0 Å². The molecule has 2 heteroatoms. The highest BCUT2D eigenvalue weighted by molar-refractivity contribution is 14.1. The topological polar surface area (TPSA) is 0 Å². The molecule has 4 atom stereocenters. The molecule has 0 aromatic heterocycles. The molecule has 20 heavy (non-hydrogen) atoms. The highest BCUT2D eigenvalue weighted by atomic mass is 127. The number of hydrogen-bond donors (Lipinski definition) is 0. The van der Waals surface area contributed by atoms with E-state index < -0.39 is 0 Å². The number of halogens is 2. The predicted molar refractivity (Wildman–Crippen MR) is 109 cm³/mol. The summed E-state index contributed by atoms with van der Waals surface area (Å²) in [5.41, 5.74) is 1.65. The minimum atomic E-state index is 0.452. The second-order valence-electron chi connectivity index (χ2n) is 8.28. The Morgan fingerprint density at radius 2 is 1.75 bits per heavy atom. The lowest BCUT2D eigenvalue weighted by Gasteiger charge is -2.44. The van der Waals surface area contributed by atoms with Crippen molar-refractivity contribution in [3.05, 3.63) is 0 Å². The second-order valence-corrected chi connectivity index (χ2v) is 11.2. The molecule has 0 aliphatic heterocycles. The zero-order valence-corrected chi connectivity index (χ0v) is 18.8. The molecule has 1 rings (SSSR count). The average molecular weight is 504 g/mol. The van der Waals surface area contributed by atoms with Gasteiger partial charge in [0.15, 0.2) is 0 Å². The van der Waals surface area contributed by atoms with Gasteiger partial charge in [-0.3, -0.25) is 0 Å². The molecule has 3 unspecified atom stereocenters. The number of rotatable bonds is 8. The van der Waals surface area contributed by atoms with Gasteiger partial charge in [0, 0.05) is 8.35 Å². The third-order valence-electron chi connectivity index (χ3n) is 6.58. The third-order valence-corrected chi connectivity index (χ3v) is 8.56. The molecule has 0 saturated heterocycles. The zero-order chi connectivity index (χ0) is 15.8. The Morgan fingerprint density at radius 1 is 1.20 bits per heavy atom. The molecule has 0 radical (unpaired) electrons. The van der Waals surface area contributed by atoms with Gasteiger partial charge in [-0.1, -0.05) is 100 Å². The Morgan fingerprint density at radius 3 is 2.10 bits per heavy atom. The molecule has 0 bridgehead atoms. The summed E-state index contributed by atoms with van der Waals surface area (Å²) in [5.74, 6) is 1.63. The van der Waals surface area contributed by atoms with E-state index in [1.807, 2.05) is 0 Å². The molecular formula is C18H34I2. The van der Waals surface area contributed by atoms with Crippen molar-refractivity contribution in [1.82, 2.24) is 0 Å². The summed E-state index contributed by atoms with van der Waals surface area (Å²) >= 11 is 5.26. The maximum absolute atomic E-state index is 2.68. The van der Waals surface area contributed by atoms with Gasteiger partial charge in [0.2, 0.25) is 0 Å². The van der Waals surface area contributed by atoms with E-state index in [9.17, 15) is 0 Å². The molecule has 0 N–H and O–H groups in total. The fraction of sp³-hybridized carbons (Fsp3) is 1.00. The van der Waals surface area contributed by atoms with Gasteiger partial charge in [0.05, 0.1) is 0 Å². The lowest BCUT2D eigenvalue weighted by atomic mass is 9.61. The van der Waals surface area contributed by atoms with Crippen molar-refractivity contribution in [3.63, 3.8) is 0 Å². The van der Waals surface area contributed by atoms with Crippen LogP contribution in [-0.2, 0) is 0 Å². The summed E-state index contributed by atoms with van der Waals surface area (Å²) in [6.45, 7) is 17.2. The summed E-state index contributed by atoms with van der Waals surface area (Å²) in [7, 11) is 0. The summed E-state index contributed by atoms with van der Waals surface area (Å²) in [6, 6.07) is 0. The lowest BCUT2D eigenvalue weighted by Crippen LogP contribution is -2.39. The fourth-order valence-corrected chi connectivity index (χ4v) is 6.42. The van der Waals surface area contributed by atoms with Crippen LogP contribution in [0.1, 0.15) is 74.1 Å². The van der Waals surface area contributed by atoms with Gasteiger partial charge >= 0.3 is 0 Å². The van der Waals surface area contributed by atoms with E-state index in [4.69, 9.17) is 0 Å². The molecule has 1 fully saturated rings. The summed E-state index contributed by atoms with van der Waals surface area (Å²) in [6.07, 6.45) is 5.60. The van der Waals surface area contributed by atoms with E-state index in [-0.39, 0.29) is 0 Å². The van der Waals surface area contributed by atoms with Gasteiger partial charge in [-0.15, -0.1) is 0 Å². The Bertz CT molecular complexity index is 321. The standard InChI is InChI=1S/C18H34I2/c1-8-15(16(5,6)13(2)3)18(12-19)11-17(18,7)10-9-14(4)20/h13-15H,8-12H2,1-7H3/t14?,15?,17-,18?/m0/s1. The van der Waals surface area contributed by atoms with Gasteiger partial charge < -0.3 is 0 Å². The van der Waals surface area contributed by atoms with Crippen LogP contribution in [0, 0.1) is 28.1 Å². The maximum Gasteiger partial charge on any atom is 0.00815 e. The first-order valence-corrected chi connectivity index (χ1v) is 11.0. The molecule has 0 amide bonds. The summed E-state index contributed by atoms with van der Waals surface area (Å²) in [4.78, 5) is 0. The molecule has 1 saturated carbocycles. The first-order chi connectivity index (χ1) is 9.07. The highest BCUT2D eigenvalue weighted by Gasteiger charge is 2.67. The van der Waals surface area contributed by atoms with Crippen molar-refractivity contribution >= 4 is 45.2 Å². The van der Waals surface area contributed by atoms with Crippen LogP contribution in [0.15, 0.2) is 0 Å². The smallest absolute Gasteiger partial charge is 0.00815 e. The summed E-state index contributed by atoms with van der Waals surface area (Å²) < 4.78 is 2.15. The van der Waals surface area contributed by atoms with E-state index in [2.05, 4.69) is 93.6 Å². The molecule has 0 nitrogen and oxygen atoms in total. The number of hydrogen-bond acceptors (Lipinski definition) is 0. The van der Waals surface area contributed by atoms with Crippen LogP contribution in [-0.4, -0.2) is 8.35 Å². The minimum absolute atomic E-state index is 0.452. The van der Waals surface area contributed by atoms with E-state index in [1.54, 1.807) is 0 Å². The minimum Gasteiger partial charge on any atom is -0.0857 e. The third kappa shape index (κ3) is 3.51.